The first-order valence-corrected chi connectivity index (χ1v) is 6.56. The molecule has 1 aliphatic heterocycles. The van der Waals surface area contributed by atoms with Gasteiger partial charge in [0, 0.05) is 24.8 Å². The van der Waals surface area contributed by atoms with E-state index >= 15 is 0 Å². The molecule has 1 aromatic carbocycles. The molecule has 0 radical (unpaired) electrons. The molecule has 1 saturated heterocycles. The van der Waals surface area contributed by atoms with Gasteiger partial charge in [0.2, 0.25) is 5.91 Å². The Hall–Kier alpha value is -1.55. The van der Waals surface area contributed by atoms with Crippen molar-refractivity contribution >= 4 is 17.3 Å². The number of rotatable bonds is 4. The van der Waals surface area contributed by atoms with Crippen molar-refractivity contribution in [2.45, 2.75) is 19.8 Å². The third-order valence-corrected chi connectivity index (χ3v) is 3.18. The van der Waals surface area contributed by atoms with E-state index in [1.54, 1.807) is 0 Å². The zero-order chi connectivity index (χ0) is 12.8. The van der Waals surface area contributed by atoms with Gasteiger partial charge in [-0.25, -0.2) is 0 Å². The van der Waals surface area contributed by atoms with Gasteiger partial charge in [-0.1, -0.05) is 6.07 Å². The van der Waals surface area contributed by atoms with Crippen molar-refractivity contribution in [1.82, 2.24) is 5.32 Å². The van der Waals surface area contributed by atoms with Crippen LogP contribution in [0.25, 0.3) is 0 Å². The van der Waals surface area contributed by atoms with Crippen molar-refractivity contribution in [2.75, 3.05) is 30.3 Å². The number of nitrogens with one attached hydrogen (secondary N) is 3. The molecule has 3 N–H and O–H groups in total. The number of anilines is 2. The largest absolute Gasteiger partial charge is 0.385 e. The minimum Gasteiger partial charge on any atom is -0.385 e. The van der Waals surface area contributed by atoms with E-state index < -0.39 is 0 Å². The first-order chi connectivity index (χ1) is 8.74. The number of carbonyl (C=O) groups is 1. The highest BCUT2D eigenvalue weighted by Crippen LogP contribution is 2.17. The molecule has 1 aliphatic rings. The van der Waals surface area contributed by atoms with Crippen molar-refractivity contribution in [2.24, 2.45) is 5.92 Å². The Morgan fingerprint density at radius 1 is 1.44 bits per heavy atom. The van der Waals surface area contributed by atoms with E-state index in [4.69, 9.17) is 0 Å². The van der Waals surface area contributed by atoms with Gasteiger partial charge in [-0.15, -0.1) is 0 Å². The van der Waals surface area contributed by atoms with Crippen molar-refractivity contribution < 1.29 is 4.79 Å². The van der Waals surface area contributed by atoms with Gasteiger partial charge >= 0.3 is 0 Å². The van der Waals surface area contributed by atoms with Crippen LogP contribution < -0.4 is 16.0 Å². The van der Waals surface area contributed by atoms with Crippen LogP contribution in [0, 0.1) is 5.92 Å². The topological polar surface area (TPSA) is 53.2 Å². The molecule has 0 aromatic heterocycles. The lowest BCUT2D eigenvalue weighted by molar-refractivity contribution is -0.114. The number of benzene rings is 1. The molecule has 1 fully saturated rings. The molecule has 2 rings (SSSR count). The molecule has 4 nitrogen and oxygen atoms in total. The quantitative estimate of drug-likeness (QED) is 0.763. The van der Waals surface area contributed by atoms with Crippen LogP contribution in [0.3, 0.4) is 0 Å². The smallest absolute Gasteiger partial charge is 0.221 e. The summed E-state index contributed by atoms with van der Waals surface area (Å²) in [5.74, 6) is 0.659. The molecule has 0 saturated carbocycles. The zero-order valence-corrected chi connectivity index (χ0v) is 10.8. The van der Waals surface area contributed by atoms with Crippen molar-refractivity contribution in [3.8, 4) is 0 Å². The van der Waals surface area contributed by atoms with Crippen LogP contribution in [0.15, 0.2) is 24.3 Å². The summed E-state index contributed by atoms with van der Waals surface area (Å²) in [6.45, 7) is 4.75. The molecule has 4 heteroatoms. The number of piperidine rings is 1. The van der Waals surface area contributed by atoms with Crippen LogP contribution >= 0.6 is 0 Å². The van der Waals surface area contributed by atoms with Gasteiger partial charge in [0.05, 0.1) is 0 Å². The summed E-state index contributed by atoms with van der Waals surface area (Å²) in [6, 6.07) is 7.85. The van der Waals surface area contributed by atoms with Crippen LogP contribution in [0.1, 0.15) is 19.8 Å². The number of amides is 1. The van der Waals surface area contributed by atoms with Crippen LogP contribution in [0.2, 0.25) is 0 Å². The molecule has 98 valence electrons. The minimum atomic E-state index is -0.0383. The third kappa shape index (κ3) is 4.04. The van der Waals surface area contributed by atoms with Gasteiger partial charge in [0.15, 0.2) is 0 Å². The fraction of sp³-hybridized carbons (Fsp3) is 0.500. The Labute approximate surface area is 108 Å². The standard InChI is InChI=1S/C14H21N3O/c1-11(18)17-14-6-2-5-13(8-14)16-10-12-4-3-7-15-9-12/h2,5-6,8,12,15-16H,3-4,7,9-10H2,1H3,(H,17,18). The predicted octanol–water partition coefficient (Wildman–Crippen LogP) is 2.06. The second kappa shape index (κ2) is 6.40. The van der Waals surface area contributed by atoms with Crippen LogP contribution in [0.4, 0.5) is 11.4 Å². The summed E-state index contributed by atoms with van der Waals surface area (Å²) in [4.78, 5) is 11.0. The van der Waals surface area contributed by atoms with Crippen LogP contribution in [0.5, 0.6) is 0 Å². The predicted molar refractivity (Wildman–Crippen MR) is 74.8 cm³/mol. The average molecular weight is 247 g/mol. The molecule has 0 aliphatic carbocycles. The molecule has 1 amide bonds. The number of carbonyl (C=O) groups excluding carboxylic acids is 1. The van der Waals surface area contributed by atoms with E-state index in [0.717, 1.165) is 31.0 Å². The Morgan fingerprint density at radius 2 is 2.28 bits per heavy atom. The van der Waals surface area contributed by atoms with E-state index in [1.807, 2.05) is 24.3 Å². The Morgan fingerprint density at radius 3 is 3.00 bits per heavy atom. The maximum absolute atomic E-state index is 11.0. The Bertz CT molecular complexity index is 400. The average Bonchev–Trinajstić information content (AvgIpc) is 2.37. The highest BCUT2D eigenvalue weighted by atomic mass is 16.1. The van der Waals surface area contributed by atoms with E-state index in [0.29, 0.717) is 5.92 Å². The van der Waals surface area contributed by atoms with Gasteiger partial charge in [-0.3, -0.25) is 4.79 Å². The summed E-state index contributed by atoms with van der Waals surface area (Å²) in [5, 5.41) is 9.64. The second-order valence-corrected chi connectivity index (χ2v) is 4.86. The molecular weight excluding hydrogens is 226 g/mol. The molecule has 1 aromatic rings. The first kappa shape index (κ1) is 12.9. The van der Waals surface area contributed by atoms with Gasteiger partial charge < -0.3 is 16.0 Å². The maximum Gasteiger partial charge on any atom is 0.221 e. The van der Waals surface area contributed by atoms with Gasteiger partial charge in [0.25, 0.3) is 0 Å². The molecule has 1 unspecified atom stereocenters. The summed E-state index contributed by atoms with van der Waals surface area (Å²) < 4.78 is 0. The van der Waals surface area contributed by atoms with Crippen LogP contribution in [-0.2, 0) is 4.79 Å². The number of hydrogen-bond donors (Lipinski definition) is 3. The number of hydrogen-bond acceptors (Lipinski definition) is 3. The maximum atomic E-state index is 11.0. The molecule has 0 spiro atoms. The van der Waals surface area contributed by atoms with Crippen molar-refractivity contribution in [3.05, 3.63) is 24.3 Å². The zero-order valence-electron chi connectivity index (χ0n) is 10.8. The fourth-order valence-corrected chi connectivity index (χ4v) is 2.27. The lowest BCUT2D eigenvalue weighted by atomic mass is 10.00. The van der Waals surface area contributed by atoms with E-state index in [2.05, 4.69) is 16.0 Å². The van der Waals surface area contributed by atoms with Crippen LogP contribution in [-0.4, -0.2) is 25.5 Å². The van der Waals surface area contributed by atoms with Gasteiger partial charge in [0.1, 0.15) is 0 Å². The van der Waals surface area contributed by atoms with Crippen molar-refractivity contribution in [1.29, 1.82) is 0 Å². The molecule has 1 atom stereocenters. The highest BCUT2D eigenvalue weighted by molar-refractivity contribution is 5.89. The normalized spacial score (nSPS) is 19.3. The summed E-state index contributed by atoms with van der Waals surface area (Å²) in [7, 11) is 0. The summed E-state index contributed by atoms with van der Waals surface area (Å²) in [6.07, 6.45) is 2.55. The summed E-state index contributed by atoms with van der Waals surface area (Å²) >= 11 is 0. The molecular formula is C14H21N3O. The fourth-order valence-electron chi connectivity index (χ4n) is 2.27. The second-order valence-electron chi connectivity index (χ2n) is 4.86. The van der Waals surface area contributed by atoms with E-state index in [-0.39, 0.29) is 5.91 Å². The lowest BCUT2D eigenvalue weighted by Gasteiger charge is -2.23. The molecule has 0 bridgehead atoms. The Kier molecular flexibility index (Phi) is 4.59. The SMILES string of the molecule is CC(=O)Nc1cccc(NCC2CCCNC2)c1. The first-order valence-electron chi connectivity index (χ1n) is 6.56. The third-order valence-electron chi connectivity index (χ3n) is 3.18. The Balaban J connectivity index is 1.86. The summed E-state index contributed by atoms with van der Waals surface area (Å²) in [5.41, 5.74) is 1.90. The monoisotopic (exact) mass is 247 g/mol. The van der Waals surface area contributed by atoms with Gasteiger partial charge in [-0.05, 0) is 50.0 Å². The van der Waals surface area contributed by atoms with E-state index in [9.17, 15) is 4.79 Å². The lowest BCUT2D eigenvalue weighted by Crippen LogP contribution is -2.33. The van der Waals surface area contributed by atoms with Gasteiger partial charge in [-0.2, -0.15) is 0 Å². The minimum absolute atomic E-state index is 0.0383. The highest BCUT2D eigenvalue weighted by Gasteiger charge is 2.12. The van der Waals surface area contributed by atoms with E-state index in [1.165, 1.54) is 19.8 Å². The molecule has 1 heterocycles. The van der Waals surface area contributed by atoms with Crippen molar-refractivity contribution in [3.63, 3.8) is 0 Å². The molecule has 18 heavy (non-hydrogen) atoms.